The van der Waals surface area contributed by atoms with E-state index in [-0.39, 0.29) is 53.1 Å². The third kappa shape index (κ3) is 5.77. The molecule has 1 aromatic carbocycles. The van der Waals surface area contributed by atoms with E-state index in [9.17, 15) is 14.4 Å². The predicted molar refractivity (Wildman–Crippen MR) is 154 cm³/mol. The molecule has 3 heterocycles. The molecule has 1 saturated heterocycles. The fourth-order valence-corrected chi connectivity index (χ4v) is 5.31. The number of aryl methyl sites for hydroxylation is 1. The van der Waals surface area contributed by atoms with E-state index in [0.29, 0.717) is 46.0 Å². The molecule has 0 saturated carbocycles. The highest BCUT2D eigenvalue weighted by Gasteiger charge is 2.35. The van der Waals surface area contributed by atoms with E-state index in [0.717, 1.165) is 0 Å². The number of likely N-dealkylation sites (tertiary alicyclic amines) is 1. The Morgan fingerprint density at radius 1 is 1.20 bits per heavy atom. The minimum absolute atomic E-state index is 0.118. The molecular weight excluding hydrogens is 559 g/mol. The zero-order valence-corrected chi connectivity index (χ0v) is 24.1. The summed E-state index contributed by atoms with van der Waals surface area (Å²) in [5.74, 6) is 0.152. The van der Waals surface area contributed by atoms with Gasteiger partial charge < -0.3 is 25.0 Å². The molecular formula is C27H30Cl2N6O5. The third-order valence-electron chi connectivity index (χ3n) is 6.78. The lowest BCUT2D eigenvalue weighted by molar-refractivity contribution is -0.128. The van der Waals surface area contributed by atoms with Gasteiger partial charge in [0.1, 0.15) is 11.4 Å². The highest BCUT2D eigenvalue weighted by molar-refractivity contribution is 6.40. The van der Waals surface area contributed by atoms with E-state index in [1.165, 1.54) is 31.8 Å². The molecule has 0 bridgehead atoms. The molecule has 2 atom stereocenters. The molecule has 13 heteroatoms. The first-order valence-corrected chi connectivity index (χ1v) is 13.2. The molecule has 0 spiro atoms. The molecule has 1 fully saturated rings. The summed E-state index contributed by atoms with van der Waals surface area (Å²) in [5.41, 5.74) is 1.32. The first kappa shape index (κ1) is 29.3. The van der Waals surface area contributed by atoms with Crippen molar-refractivity contribution in [2.24, 2.45) is 0 Å². The second-order valence-electron chi connectivity index (χ2n) is 9.37. The summed E-state index contributed by atoms with van der Waals surface area (Å²) in [5, 5.41) is 7.18. The number of hydrogen-bond acceptors (Lipinski definition) is 8. The molecule has 2 unspecified atom stereocenters. The molecule has 2 aromatic heterocycles. The minimum Gasteiger partial charge on any atom is -0.495 e. The minimum atomic E-state index is -0.396. The molecule has 0 aliphatic carbocycles. The summed E-state index contributed by atoms with van der Waals surface area (Å²) in [6.07, 6.45) is 2.76. The maximum atomic E-state index is 13.9. The van der Waals surface area contributed by atoms with Crippen molar-refractivity contribution in [2.75, 3.05) is 39.2 Å². The van der Waals surface area contributed by atoms with Gasteiger partial charge in [0.2, 0.25) is 17.8 Å². The quantitative estimate of drug-likeness (QED) is 0.365. The van der Waals surface area contributed by atoms with Gasteiger partial charge in [0, 0.05) is 44.3 Å². The maximum Gasteiger partial charge on any atom is 0.260 e. The number of halogens is 2. The summed E-state index contributed by atoms with van der Waals surface area (Å²) < 4.78 is 12.1. The number of anilines is 1. The van der Waals surface area contributed by atoms with Gasteiger partial charge in [-0.2, -0.15) is 4.98 Å². The number of pyridine rings is 1. The Balaban J connectivity index is 1.81. The lowest BCUT2D eigenvalue weighted by Gasteiger charge is -2.21. The van der Waals surface area contributed by atoms with Crippen molar-refractivity contribution in [2.45, 2.75) is 32.5 Å². The van der Waals surface area contributed by atoms with Crippen molar-refractivity contribution in [3.8, 4) is 16.9 Å². The number of methoxy groups -OCH3 is 2. The Kier molecular flexibility index (Phi) is 8.97. The highest BCUT2D eigenvalue weighted by atomic mass is 35.5. The Bertz CT molecular complexity index is 1540. The molecule has 0 radical (unpaired) electrons. The largest absolute Gasteiger partial charge is 0.495 e. The average molecular weight is 589 g/mol. The van der Waals surface area contributed by atoms with Gasteiger partial charge in [0.15, 0.2) is 0 Å². The van der Waals surface area contributed by atoms with Crippen LogP contribution in [0.1, 0.15) is 12.5 Å². The van der Waals surface area contributed by atoms with Crippen LogP contribution in [0.25, 0.3) is 22.2 Å². The van der Waals surface area contributed by atoms with Crippen LogP contribution in [0.15, 0.2) is 35.8 Å². The number of rotatable bonds is 9. The summed E-state index contributed by atoms with van der Waals surface area (Å²) in [6, 6.07) is 2.59. The first-order valence-electron chi connectivity index (χ1n) is 12.5. The van der Waals surface area contributed by atoms with Gasteiger partial charge in [-0.05, 0) is 30.7 Å². The standard InChI is InChI=1S/C27H30Cl2N6O5/c1-6-21(37)31-18-12-34(15(3)36)13-19(18)32-27-30-11-16-10-17(26(38)35(7-8-39-4)25(16)33-27)22-23(28)14(2)9-20(40-5)24(22)29/h6,9-11,18-19H,1,7-8,12-13H2,2-5H3,(H,31,37)(H,30,32,33). The van der Waals surface area contributed by atoms with Crippen LogP contribution in [0.5, 0.6) is 5.75 Å². The SMILES string of the molecule is C=CC(=O)NC1CN(C(C)=O)CC1Nc1ncc2cc(-c3c(Cl)c(C)cc(OC)c3Cl)c(=O)n(CCOC)c2n1. The van der Waals surface area contributed by atoms with E-state index in [4.69, 9.17) is 32.7 Å². The van der Waals surface area contributed by atoms with E-state index in [2.05, 4.69) is 27.2 Å². The number of nitrogens with one attached hydrogen (secondary N) is 2. The highest BCUT2D eigenvalue weighted by Crippen LogP contribution is 2.42. The molecule has 2 amide bonds. The monoisotopic (exact) mass is 588 g/mol. The van der Waals surface area contributed by atoms with E-state index in [1.807, 2.05) is 0 Å². The van der Waals surface area contributed by atoms with Gasteiger partial charge in [0.25, 0.3) is 5.56 Å². The van der Waals surface area contributed by atoms with Crippen LogP contribution in [-0.4, -0.2) is 77.2 Å². The molecule has 11 nitrogen and oxygen atoms in total. The number of carbonyl (C=O) groups excluding carboxylic acids is 2. The second-order valence-corrected chi connectivity index (χ2v) is 10.1. The van der Waals surface area contributed by atoms with E-state index >= 15 is 0 Å². The number of fused-ring (bicyclic) bond motifs is 1. The van der Waals surface area contributed by atoms with Crippen molar-refractivity contribution in [1.82, 2.24) is 24.8 Å². The fraction of sp³-hybridized carbons (Fsp3) is 0.370. The molecule has 1 aliphatic heterocycles. The summed E-state index contributed by atoms with van der Waals surface area (Å²) in [6.45, 7) is 7.87. The fourth-order valence-electron chi connectivity index (χ4n) is 4.68. The number of aromatic nitrogens is 3. The predicted octanol–water partition coefficient (Wildman–Crippen LogP) is 3.04. The maximum absolute atomic E-state index is 13.9. The van der Waals surface area contributed by atoms with Gasteiger partial charge in [-0.3, -0.25) is 19.0 Å². The van der Waals surface area contributed by atoms with Gasteiger partial charge in [-0.15, -0.1) is 0 Å². The molecule has 1 aliphatic rings. The van der Waals surface area contributed by atoms with Crippen LogP contribution in [-0.2, 0) is 20.9 Å². The van der Waals surface area contributed by atoms with Gasteiger partial charge in [-0.25, -0.2) is 4.98 Å². The van der Waals surface area contributed by atoms with Crippen molar-refractivity contribution in [1.29, 1.82) is 0 Å². The molecule has 2 N–H and O–H groups in total. The Morgan fingerprint density at radius 2 is 1.93 bits per heavy atom. The number of ether oxygens (including phenoxy) is 2. The van der Waals surface area contributed by atoms with E-state index in [1.54, 1.807) is 30.2 Å². The lowest BCUT2D eigenvalue weighted by atomic mass is 10.0. The molecule has 40 heavy (non-hydrogen) atoms. The summed E-state index contributed by atoms with van der Waals surface area (Å²) in [4.78, 5) is 48.6. The number of benzene rings is 1. The summed E-state index contributed by atoms with van der Waals surface area (Å²) >= 11 is 13.3. The Hall–Kier alpha value is -3.67. The number of hydrogen-bond donors (Lipinski definition) is 2. The number of amides is 2. The zero-order valence-electron chi connectivity index (χ0n) is 22.6. The van der Waals surface area contributed by atoms with Crippen molar-refractivity contribution >= 4 is 52.0 Å². The van der Waals surface area contributed by atoms with Crippen molar-refractivity contribution in [3.05, 3.63) is 56.9 Å². The Labute approximate surface area is 241 Å². The zero-order chi connectivity index (χ0) is 29.1. The van der Waals surface area contributed by atoms with Crippen LogP contribution in [0.3, 0.4) is 0 Å². The first-order chi connectivity index (χ1) is 19.1. The number of carbonyl (C=O) groups is 2. The molecule has 4 rings (SSSR count). The average Bonchev–Trinajstić information content (AvgIpc) is 3.33. The summed E-state index contributed by atoms with van der Waals surface area (Å²) in [7, 11) is 3.03. The van der Waals surface area contributed by atoms with Crippen LogP contribution < -0.4 is 20.9 Å². The molecule has 212 valence electrons. The second kappa shape index (κ2) is 12.2. The van der Waals surface area contributed by atoms with Gasteiger partial charge >= 0.3 is 0 Å². The topological polar surface area (TPSA) is 128 Å². The van der Waals surface area contributed by atoms with Crippen LogP contribution in [0.4, 0.5) is 5.95 Å². The van der Waals surface area contributed by atoms with Crippen molar-refractivity contribution in [3.63, 3.8) is 0 Å². The van der Waals surface area contributed by atoms with Gasteiger partial charge in [-0.1, -0.05) is 29.8 Å². The molecule has 3 aromatic rings. The van der Waals surface area contributed by atoms with Crippen LogP contribution in [0, 0.1) is 6.92 Å². The smallest absolute Gasteiger partial charge is 0.260 e. The van der Waals surface area contributed by atoms with Crippen molar-refractivity contribution < 1.29 is 19.1 Å². The Morgan fingerprint density at radius 3 is 2.58 bits per heavy atom. The van der Waals surface area contributed by atoms with Crippen LogP contribution >= 0.6 is 23.2 Å². The lowest BCUT2D eigenvalue weighted by Crippen LogP contribution is -2.45. The third-order valence-corrected chi connectivity index (χ3v) is 7.64. The van der Waals surface area contributed by atoms with Gasteiger partial charge in [0.05, 0.1) is 48.0 Å². The normalized spacial score (nSPS) is 16.7. The van der Waals surface area contributed by atoms with E-state index < -0.39 is 6.04 Å². The van der Waals surface area contributed by atoms with Crippen LogP contribution in [0.2, 0.25) is 10.0 Å². The number of nitrogens with zero attached hydrogens (tertiary/aromatic N) is 4.